The van der Waals surface area contributed by atoms with E-state index in [0.29, 0.717) is 24.8 Å². The highest BCUT2D eigenvalue weighted by atomic mass is 32.1. The second-order valence-corrected chi connectivity index (χ2v) is 7.94. The summed E-state index contributed by atoms with van der Waals surface area (Å²) in [6.07, 6.45) is 0. The first-order valence-corrected chi connectivity index (χ1v) is 10.5. The summed E-state index contributed by atoms with van der Waals surface area (Å²) in [5, 5.41) is 8.06. The van der Waals surface area contributed by atoms with E-state index in [1.165, 1.54) is 0 Å². The molecule has 5 nitrogen and oxygen atoms in total. The van der Waals surface area contributed by atoms with E-state index < -0.39 is 0 Å². The molecule has 1 aliphatic rings. The Hall–Kier alpha value is -3.25. The number of hydrogen-bond acceptors (Lipinski definition) is 5. The smallest absolute Gasteiger partial charge is 0.234 e. The summed E-state index contributed by atoms with van der Waals surface area (Å²) < 4.78 is 5.46. The first-order chi connectivity index (χ1) is 14.3. The molecule has 1 fully saturated rings. The average molecular weight is 401 g/mol. The number of likely N-dealkylation sites (tertiary alicyclic amines) is 1. The van der Waals surface area contributed by atoms with E-state index in [1.54, 1.807) is 11.3 Å². The molecule has 0 spiro atoms. The van der Waals surface area contributed by atoms with Crippen molar-refractivity contribution in [1.29, 1.82) is 0 Å². The Kier molecular flexibility index (Phi) is 4.69. The number of benzene rings is 2. The van der Waals surface area contributed by atoms with Crippen molar-refractivity contribution in [3.63, 3.8) is 0 Å². The molecule has 1 aliphatic heterocycles. The maximum absolute atomic E-state index is 13.4. The fourth-order valence-corrected chi connectivity index (χ4v) is 4.31. The van der Waals surface area contributed by atoms with Gasteiger partial charge in [-0.05, 0) is 22.6 Å². The number of rotatable bonds is 5. The molecule has 0 radical (unpaired) electrons. The highest BCUT2D eigenvalue weighted by Gasteiger charge is 2.39. The van der Waals surface area contributed by atoms with Crippen molar-refractivity contribution in [3.8, 4) is 11.4 Å². The Balaban J connectivity index is 1.33. The second-order valence-electron chi connectivity index (χ2n) is 7.16. The van der Waals surface area contributed by atoms with Crippen molar-refractivity contribution in [2.75, 3.05) is 13.1 Å². The molecular weight excluding hydrogens is 382 g/mol. The molecule has 0 aliphatic carbocycles. The highest BCUT2D eigenvalue weighted by molar-refractivity contribution is 7.08. The van der Waals surface area contributed by atoms with Gasteiger partial charge in [-0.25, -0.2) is 0 Å². The molecule has 5 rings (SSSR count). The number of hydrogen-bond donors (Lipinski definition) is 0. The number of carbonyl (C=O) groups excluding carboxylic acids is 1. The van der Waals surface area contributed by atoms with Gasteiger partial charge in [0.15, 0.2) is 0 Å². The Morgan fingerprint density at radius 1 is 1.00 bits per heavy atom. The van der Waals surface area contributed by atoms with Gasteiger partial charge in [-0.3, -0.25) is 4.79 Å². The first kappa shape index (κ1) is 17.8. The number of amides is 1. The topological polar surface area (TPSA) is 59.2 Å². The van der Waals surface area contributed by atoms with Gasteiger partial charge in [-0.1, -0.05) is 65.8 Å². The van der Waals surface area contributed by atoms with Crippen LogP contribution in [0.3, 0.4) is 0 Å². The van der Waals surface area contributed by atoms with Crippen molar-refractivity contribution < 1.29 is 9.32 Å². The lowest BCUT2D eigenvalue weighted by Crippen LogP contribution is -2.50. The summed E-state index contributed by atoms with van der Waals surface area (Å²) in [5.74, 6) is 1.10. The molecule has 3 heterocycles. The van der Waals surface area contributed by atoms with Gasteiger partial charge in [0.1, 0.15) is 0 Å². The molecule has 2 aromatic heterocycles. The maximum atomic E-state index is 13.4. The fourth-order valence-electron chi connectivity index (χ4n) is 3.68. The minimum Gasteiger partial charge on any atom is -0.340 e. The van der Waals surface area contributed by atoms with Gasteiger partial charge in [0, 0.05) is 24.0 Å². The second kappa shape index (κ2) is 7.64. The SMILES string of the molecule is O=C(C(c1ccccc1)c1ccccc1)N1CC(c2nc(-c3ccsc3)no2)C1. The van der Waals surface area contributed by atoms with E-state index in [0.717, 1.165) is 16.7 Å². The lowest BCUT2D eigenvalue weighted by atomic mass is 9.88. The Morgan fingerprint density at radius 2 is 1.66 bits per heavy atom. The van der Waals surface area contributed by atoms with Crippen LogP contribution < -0.4 is 0 Å². The van der Waals surface area contributed by atoms with Crippen LogP contribution >= 0.6 is 11.3 Å². The van der Waals surface area contributed by atoms with Crippen LogP contribution in [0.1, 0.15) is 28.9 Å². The van der Waals surface area contributed by atoms with E-state index >= 15 is 0 Å². The van der Waals surface area contributed by atoms with Crippen LogP contribution in [0.2, 0.25) is 0 Å². The van der Waals surface area contributed by atoms with Crippen LogP contribution in [0.4, 0.5) is 0 Å². The third-order valence-corrected chi connectivity index (χ3v) is 5.96. The van der Waals surface area contributed by atoms with Crippen molar-refractivity contribution in [1.82, 2.24) is 15.0 Å². The van der Waals surface area contributed by atoms with Gasteiger partial charge < -0.3 is 9.42 Å². The summed E-state index contributed by atoms with van der Waals surface area (Å²) in [7, 11) is 0. The molecule has 1 amide bonds. The predicted octanol–water partition coefficient (Wildman–Crippen LogP) is 4.56. The summed E-state index contributed by atoms with van der Waals surface area (Å²) in [4.78, 5) is 19.8. The van der Waals surface area contributed by atoms with Gasteiger partial charge in [0.2, 0.25) is 17.6 Å². The highest BCUT2D eigenvalue weighted by Crippen LogP contribution is 2.33. The van der Waals surface area contributed by atoms with Gasteiger partial charge in [0.05, 0.1) is 11.8 Å². The Labute approximate surface area is 172 Å². The summed E-state index contributed by atoms with van der Waals surface area (Å²) >= 11 is 1.60. The fraction of sp³-hybridized carbons (Fsp3) is 0.174. The van der Waals surface area contributed by atoms with Crippen LogP contribution in [0.5, 0.6) is 0 Å². The number of thiophene rings is 1. The minimum absolute atomic E-state index is 0.0889. The van der Waals surface area contributed by atoms with Crippen molar-refractivity contribution in [2.45, 2.75) is 11.8 Å². The van der Waals surface area contributed by atoms with Crippen LogP contribution in [0, 0.1) is 0 Å². The number of nitrogens with zero attached hydrogens (tertiary/aromatic N) is 3. The number of carbonyl (C=O) groups is 1. The molecule has 0 atom stereocenters. The van der Waals surface area contributed by atoms with Crippen LogP contribution in [0.15, 0.2) is 82.0 Å². The lowest BCUT2D eigenvalue weighted by Gasteiger charge is -2.39. The molecule has 4 aromatic rings. The molecule has 144 valence electrons. The Morgan fingerprint density at radius 3 is 2.24 bits per heavy atom. The van der Waals surface area contributed by atoms with Gasteiger partial charge >= 0.3 is 0 Å². The molecular formula is C23H19N3O2S. The molecule has 29 heavy (non-hydrogen) atoms. The van der Waals surface area contributed by atoms with E-state index in [2.05, 4.69) is 10.1 Å². The third kappa shape index (κ3) is 3.47. The van der Waals surface area contributed by atoms with Crippen molar-refractivity contribution >= 4 is 17.2 Å². The predicted molar refractivity (Wildman–Crippen MR) is 112 cm³/mol. The Bertz CT molecular complexity index is 1050. The third-order valence-electron chi connectivity index (χ3n) is 5.28. The van der Waals surface area contributed by atoms with Crippen molar-refractivity contribution in [2.24, 2.45) is 0 Å². The first-order valence-electron chi connectivity index (χ1n) is 9.54. The molecule has 0 saturated carbocycles. The van der Waals surface area contributed by atoms with E-state index in [1.807, 2.05) is 82.4 Å². The average Bonchev–Trinajstić information content (AvgIpc) is 3.41. The maximum Gasteiger partial charge on any atom is 0.234 e. The monoisotopic (exact) mass is 401 g/mol. The molecule has 0 N–H and O–H groups in total. The standard InChI is InChI=1S/C23H19N3O2S/c27-23(20(16-7-3-1-4-8-16)17-9-5-2-6-10-17)26-13-19(14-26)22-24-21(25-28-22)18-11-12-29-15-18/h1-12,15,19-20H,13-14H2. The quantitative estimate of drug-likeness (QED) is 0.492. The number of aromatic nitrogens is 2. The van der Waals surface area contributed by atoms with Crippen LogP contribution in [-0.4, -0.2) is 34.0 Å². The molecule has 0 unspecified atom stereocenters. The zero-order chi connectivity index (χ0) is 19.6. The van der Waals surface area contributed by atoms with E-state index in [4.69, 9.17) is 4.52 Å². The van der Waals surface area contributed by atoms with Crippen LogP contribution in [-0.2, 0) is 4.79 Å². The van der Waals surface area contributed by atoms with E-state index in [-0.39, 0.29) is 17.7 Å². The molecule has 1 saturated heterocycles. The molecule has 0 bridgehead atoms. The van der Waals surface area contributed by atoms with E-state index in [9.17, 15) is 4.79 Å². The summed E-state index contributed by atoms with van der Waals surface area (Å²) in [6.45, 7) is 1.19. The normalized spacial score (nSPS) is 14.2. The summed E-state index contributed by atoms with van der Waals surface area (Å²) in [6, 6.07) is 21.9. The minimum atomic E-state index is -0.303. The molecule has 2 aromatic carbocycles. The largest absolute Gasteiger partial charge is 0.340 e. The van der Waals surface area contributed by atoms with Gasteiger partial charge in [0.25, 0.3) is 0 Å². The van der Waals surface area contributed by atoms with Crippen LogP contribution in [0.25, 0.3) is 11.4 Å². The lowest BCUT2D eigenvalue weighted by molar-refractivity contribution is -0.136. The zero-order valence-corrected chi connectivity index (χ0v) is 16.5. The van der Waals surface area contributed by atoms with Crippen molar-refractivity contribution in [3.05, 3.63) is 94.5 Å². The molecule has 6 heteroatoms. The zero-order valence-electron chi connectivity index (χ0n) is 15.6. The van der Waals surface area contributed by atoms with Gasteiger partial charge in [-0.15, -0.1) is 0 Å². The summed E-state index contributed by atoms with van der Waals surface area (Å²) in [5.41, 5.74) is 2.97. The van der Waals surface area contributed by atoms with Gasteiger partial charge in [-0.2, -0.15) is 16.3 Å².